The van der Waals surface area contributed by atoms with Crippen LogP contribution in [0.1, 0.15) is 35.7 Å². The van der Waals surface area contributed by atoms with Crippen LogP contribution in [-0.4, -0.2) is 22.9 Å². The van der Waals surface area contributed by atoms with E-state index in [0.29, 0.717) is 34.4 Å². The number of rotatable bonds is 6. The summed E-state index contributed by atoms with van der Waals surface area (Å²) in [5.41, 5.74) is 3.29. The van der Waals surface area contributed by atoms with Crippen molar-refractivity contribution in [2.45, 2.75) is 19.8 Å². The van der Waals surface area contributed by atoms with E-state index >= 15 is 0 Å². The van der Waals surface area contributed by atoms with Crippen molar-refractivity contribution in [3.05, 3.63) is 80.9 Å². The molecule has 4 rings (SSSR count). The van der Waals surface area contributed by atoms with E-state index in [9.17, 15) is 14.9 Å². The monoisotopic (exact) mass is 465 g/mol. The van der Waals surface area contributed by atoms with Gasteiger partial charge in [-0.2, -0.15) is 0 Å². The summed E-state index contributed by atoms with van der Waals surface area (Å²) in [6.45, 7) is 4.21. The number of hydrogen-bond donors (Lipinski definition) is 1. The fraction of sp³-hybridized carbons (Fsp3) is 0.167. The summed E-state index contributed by atoms with van der Waals surface area (Å²) >= 11 is 5.84. The van der Waals surface area contributed by atoms with Gasteiger partial charge in [-0.25, -0.2) is 4.98 Å². The maximum atomic E-state index is 12.8. The minimum Gasteiger partial charge on any atom is -0.495 e. The van der Waals surface area contributed by atoms with Crippen LogP contribution in [0.25, 0.3) is 22.6 Å². The maximum absolute atomic E-state index is 12.8. The highest BCUT2D eigenvalue weighted by Gasteiger charge is 2.18. The summed E-state index contributed by atoms with van der Waals surface area (Å²) in [4.78, 5) is 27.9. The van der Waals surface area contributed by atoms with E-state index < -0.39 is 10.8 Å². The number of nitrogens with one attached hydrogen (secondary N) is 1. The zero-order chi connectivity index (χ0) is 23.7. The Morgan fingerprint density at radius 1 is 1.15 bits per heavy atom. The van der Waals surface area contributed by atoms with Crippen LogP contribution >= 0.6 is 11.6 Å². The molecular formula is C24H20ClN3O5. The number of methoxy groups -OCH3 is 1. The molecule has 0 atom stereocenters. The fourth-order valence-corrected chi connectivity index (χ4v) is 3.54. The molecule has 0 spiro atoms. The number of carbonyl (C=O) groups excluding carboxylic acids is 1. The standard InChI is InChI=1S/C24H20ClN3O5/c1-13(2)14-5-9-22-19(10-14)27-24(33-22)16-6-8-21(32-3)18(11-16)26-23(29)15-4-7-17(25)20(12-15)28(30)31/h4-13H,1-3H3,(H,26,29). The Bertz CT molecular complexity index is 1380. The number of benzene rings is 3. The molecule has 1 amide bonds. The number of carbonyl (C=O) groups is 1. The molecule has 0 unspecified atom stereocenters. The number of hydrogen-bond acceptors (Lipinski definition) is 6. The number of anilines is 1. The van der Waals surface area contributed by atoms with E-state index in [1.165, 1.54) is 19.2 Å². The molecule has 0 radical (unpaired) electrons. The van der Waals surface area contributed by atoms with Gasteiger partial charge >= 0.3 is 0 Å². The van der Waals surface area contributed by atoms with E-state index in [1.54, 1.807) is 18.2 Å². The number of aromatic nitrogens is 1. The molecule has 0 saturated carbocycles. The first kappa shape index (κ1) is 22.3. The van der Waals surface area contributed by atoms with Gasteiger partial charge in [0.25, 0.3) is 11.6 Å². The molecule has 1 aromatic heterocycles. The highest BCUT2D eigenvalue weighted by molar-refractivity contribution is 6.32. The summed E-state index contributed by atoms with van der Waals surface area (Å²) in [5, 5.41) is 13.8. The molecule has 33 heavy (non-hydrogen) atoms. The average Bonchev–Trinajstić information content (AvgIpc) is 3.22. The van der Waals surface area contributed by atoms with Gasteiger partial charge in [0.05, 0.1) is 17.7 Å². The summed E-state index contributed by atoms with van der Waals surface area (Å²) in [5.74, 6) is 0.616. The van der Waals surface area contributed by atoms with Gasteiger partial charge in [0.15, 0.2) is 5.58 Å². The van der Waals surface area contributed by atoms with Gasteiger partial charge in [-0.1, -0.05) is 31.5 Å². The van der Waals surface area contributed by atoms with Crippen molar-refractivity contribution in [3.63, 3.8) is 0 Å². The SMILES string of the molecule is COc1ccc(-c2nc3cc(C(C)C)ccc3o2)cc1NC(=O)c1ccc(Cl)c([N+](=O)[O-])c1. The first-order valence-electron chi connectivity index (χ1n) is 10.1. The zero-order valence-corrected chi connectivity index (χ0v) is 18.8. The van der Waals surface area contributed by atoms with Crippen LogP contribution in [-0.2, 0) is 0 Å². The van der Waals surface area contributed by atoms with E-state index in [0.717, 1.165) is 17.1 Å². The highest BCUT2D eigenvalue weighted by atomic mass is 35.5. The lowest BCUT2D eigenvalue weighted by atomic mass is 10.0. The van der Waals surface area contributed by atoms with Gasteiger partial charge in [-0.15, -0.1) is 0 Å². The normalized spacial score (nSPS) is 11.1. The third-order valence-electron chi connectivity index (χ3n) is 5.18. The summed E-state index contributed by atoms with van der Waals surface area (Å²) in [6, 6.07) is 14.9. The quantitative estimate of drug-likeness (QED) is 0.259. The molecule has 8 nitrogen and oxygen atoms in total. The minimum absolute atomic E-state index is 0.0484. The second-order valence-corrected chi connectivity index (χ2v) is 8.10. The first-order valence-corrected chi connectivity index (χ1v) is 10.5. The molecule has 0 aliphatic carbocycles. The van der Waals surface area contributed by atoms with Crippen LogP contribution in [0.5, 0.6) is 5.75 Å². The molecule has 0 bridgehead atoms. The van der Waals surface area contributed by atoms with Gasteiger partial charge < -0.3 is 14.5 Å². The molecule has 9 heteroatoms. The largest absolute Gasteiger partial charge is 0.495 e. The Morgan fingerprint density at radius 3 is 2.64 bits per heavy atom. The van der Waals surface area contributed by atoms with Crippen molar-refractivity contribution in [1.29, 1.82) is 0 Å². The molecule has 1 heterocycles. The third-order valence-corrected chi connectivity index (χ3v) is 5.50. The number of ether oxygens (including phenoxy) is 1. The second kappa shape index (κ2) is 8.91. The zero-order valence-electron chi connectivity index (χ0n) is 18.1. The van der Waals surface area contributed by atoms with Crippen LogP contribution in [0.15, 0.2) is 59.0 Å². The van der Waals surface area contributed by atoms with Crippen LogP contribution in [0.3, 0.4) is 0 Å². The van der Waals surface area contributed by atoms with Gasteiger partial charge in [0.1, 0.15) is 16.3 Å². The second-order valence-electron chi connectivity index (χ2n) is 7.69. The number of amides is 1. The third kappa shape index (κ3) is 4.51. The Morgan fingerprint density at radius 2 is 1.94 bits per heavy atom. The van der Waals surface area contributed by atoms with Gasteiger partial charge in [0, 0.05) is 17.2 Å². The topological polar surface area (TPSA) is 108 Å². The average molecular weight is 466 g/mol. The summed E-state index contributed by atoms with van der Waals surface area (Å²) in [6.07, 6.45) is 0. The van der Waals surface area contributed by atoms with Gasteiger partial charge in [-0.3, -0.25) is 14.9 Å². The van der Waals surface area contributed by atoms with E-state index in [2.05, 4.69) is 24.1 Å². The van der Waals surface area contributed by atoms with Crippen molar-refractivity contribution < 1.29 is 18.9 Å². The first-order chi connectivity index (χ1) is 15.8. The number of nitro benzene ring substituents is 1. The molecule has 3 aromatic carbocycles. The van der Waals surface area contributed by atoms with E-state index in [-0.39, 0.29) is 16.3 Å². The molecule has 4 aromatic rings. The predicted octanol–water partition coefficient (Wildman–Crippen LogP) is 6.44. The van der Waals surface area contributed by atoms with Crippen molar-refractivity contribution in [2.24, 2.45) is 0 Å². The van der Waals surface area contributed by atoms with Crippen LogP contribution in [0.4, 0.5) is 11.4 Å². The Kier molecular flexibility index (Phi) is 6.02. The Balaban J connectivity index is 1.68. The molecule has 0 aliphatic rings. The number of halogens is 1. The van der Waals surface area contributed by atoms with Gasteiger partial charge in [-0.05, 0) is 53.9 Å². The van der Waals surface area contributed by atoms with Crippen molar-refractivity contribution in [1.82, 2.24) is 4.98 Å². The molecule has 0 saturated heterocycles. The maximum Gasteiger partial charge on any atom is 0.288 e. The lowest BCUT2D eigenvalue weighted by molar-refractivity contribution is -0.384. The lowest BCUT2D eigenvalue weighted by Gasteiger charge is -2.11. The lowest BCUT2D eigenvalue weighted by Crippen LogP contribution is -2.13. The van der Waals surface area contributed by atoms with Crippen molar-refractivity contribution in [2.75, 3.05) is 12.4 Å². The molecule has 1 N–H and O–H groups in total. The molecule has 0 fully saturated rings. The van der Waals surface area contributed by atoms with Gasteiger partial charge in [0.2, 0.25) is 5.89 Å². The number of nitro groups is 1. The Labute approximate surface area is 194 Å². The smallest absolute Gasteiger partial charge is 0.288 e. The fourth-order valence-electron chi connectivity index (χ4n) is 3.35. The molecule has 168 valence electrons. The van der Waals surface area contributed by atoms with Crippen molar-refractivity contribution in [3.8, 4) is 17.2 Å². The number of oxazole rings is 1. The summed E-state index contributed by atoms with van der Waals surface area (Å²) in [7, 11) is 1.48. The number of fused-ring (bicyclic) bond motifs is 1. The summed E-state index contributed by atoms with van der Waals surface area (Å²) < 4.78 is 11.3. The Hall–Kier alpha value is -3.91. The van der Waals surface area contributed by atoms with E-state index in [4.69, 9.17) is 20.8 Å². The number of nitrogens with zero attached hydrogens (tertiary/aromatic N) is 2. The van der Waals surface area contributed by atoms with Crippen LogP contribution in [0.2, 0.25) is 5.02 Å². The highest BCUT2D eigenvalue weighted by Crippen LogP contribution is 2.33. The molecule has 0 aliphatic heterocycles. The van der Waals surface area contributed by atoms with E-state index in [1.807, 2.05) is 18.2 Å². The van der Waals surface area contributed by atoms with Crippen LogP contribution in [0, 0.1) is 10.1 Å². The molecular weight excluding hydrogens is 446 g/mol. The van der Waals surface area contributed by atoms with Crippen LogP contribution < -0.4 is 10.1 Å². The minimum atomic E-state index is -0.641. The van der Waals surface area contributed by atoms with Crippen molar-refractivity contribution >= 4 is 40.0 Å². The predicted molar refractivity (Wildman–Crippen MR) is 126 cm³/mol.